The van der Waals surface area contributed by atoms with Gasteiger partial charge in [-0.25, -0.2) is 5.48 Å². The smallest absolute Gasteiger partial charge is 0.320 e. The van der Waals surface area contributed by atoms with Crippen molar-refractivity contribution in [2.24, 2.45) is 11.5 Å². The number of unbranched alkanes of at least 4 members (excludes halogenated alkanes) is 2. The van der Waals surface area contributed by atoms with Gasteiger partial charge >= 0.3 is 17.9 Å². The van der Waals surface area contributed by atoms with Crippen molar-refractivity contribution in [1.29, 1.82) is 0 Å². The Morgan fingerprint density at radius 1 is 0.956 bits per heavy atom. The van der Waals surface area contributed by atoms with E-state index >= 15 is 0 Å². The highest BCUT2D eigenvalue weighted by Crippen LogP contribution is 2.24. The molecule has 0 aromatic heterocycles. The summed E-state index contributed by atoms with van der Waals surface area (Å²) in [6, 6.07) is -1.46. The van der Waals surface area contributed by atoms with Crippen molar-refractivity contribution in [1.82, 2.24) is 25.5 Å². The molecule has 0 radical (unpaired) electrons. The Balaban J connectivity index is 2.40. The van der Waals surface area contributed by atoms with Crippen molar-refractivity contribution in [3.63, 3.8) is 0 Å². The summed E-state index contributed by atoms with van der Waals surface area (Å²) >= 11 is 0. The van der Waals surface area contributed by atoms with Gasteiger partial charge in [-0.3, -0.25) is 39.2 Å². The van der Waals surface area contributed by atoms with E-state index in [4.69, 9.17) is 21.0 Å². The van der Waals surface area contributed by atoms with Crippen LogP contribution in [0.2, 0.25) is 0 Å². The van der Waals surface area contributed by atoms with Crippen molar-refractivity contribution < 1.29 is 48.9 Å². The monoisotopic (exact) mass is 647 g/mol. The van der Waals surface area contributed by atoms with Gasteiger partial charge in [-0.2, -0.15) is 0 Å². The summed E-state index contributed by atoms with van der Waals surface area (Å²) in [7, 11) is 0. The molecule has 1 amide bonds. The second-order valence-corrected chi connectivity index (χ2v) is 11.5. The molecule has 1 fully saturated rings. The summed E-state index contributed by atoms with van der Waals surface area (Å²) in [6.45, 7) is 4.40. The number of rotatable bonds is 27. The summed E-state index contributed by atoms with van der Waals surface area (Å²) < 4.78 is 5.49. The van der Waals surface area contributed by atoms with Gasteiger partial charge in [-0.1, -0.05) is 6.42 Å². The summed E-state index contributed by atoms with van der Waals surface area (Å²) in [6.07, 6.45) is 5.19. The number of amides is 1. The largest absolute Gasteiger partial charge is 0.480 e. The highest BCUT2D eigenvalue weighted by molar-refractivity contribution is 5.79. The minimum Gasteiger partial charge on any atom is -0.480 e. The number of nitrogens with zero attached hydrogens (tertiary/aromatic N) is 3. The van der Waals surface area contributed by atoms with Gasteiger partial charge in [-0.05, 0) is 52.0 Å². The third-order valence-electron chi connectivity index (χ3n) is 7.62. The number of ether oxygens (including phenoxy) is 1. The topological polar surface area (TPSA) is 250 Å². The number of aliphatic carboxylic acids is 3. The highest BCUT2D eigenvalue weighted by Gasteiger charge is 2.42. The predicted octanol–water partition coefficient (Wildman–Crippen LogP) is -1.89. The molecule has 0 bridgehead atoms. The second-order valence-electron chi connectivity index (χ2n) is 11.5. The number of carboxylic acid groups (broad SMARTS) is 3. The second kappa shape index (κ2) is 22.7. The third-order valence-corrected chi connectivity index (χ3v) is 7.62. The van der Waals surface area contributed by atoms with Crippen LogP contribution >= 0.6 is 0 Å². The number of carbonyl (C=O) groups is 5. The van der Waals surface area contributed by atoms with Crippen LogP contribution in [0, 0.1) is 0 Å². The van der Waals surface area contributed by atoms with Gasteiger partial charge in [0, 0.05) is 38.3 Å². The molecular weight excluding hydrogens is 594 g/mol. The Morgan fingerprint density at radius 2 is 1.62 bits per heavy atom. The number of primary amides is 1. The molecule has 1 rings (SSSR count). The van der Waals surface area contributed by atoms with Gasteiger partial charge in [-0.15, -0.1) is 0 Å². The van der Waals surface area contributed by atoms with Crippen LogP contribution in [0.5, 0.6) is 0 Å². The lowest BCUT2D eigenvalue weighted by molar-refractivity contribution is -0.148. The molecule has 45 heavy (non-hydrogen) atoms. The first-order chi connectivity index (χ1) is 21.4. The fourth-order valence-corrected chi connectivity index (χ4v) is 5.24. The number of hydrogen-bond acceptors (Lipinski definition) is 13. The quantitative estimate of drug-likeness (QED) is 0.0223. The van der Waals surface area contributed by atoms with Gasteiger partial charge in [0.05, 0.1) is 45.6 Å². The number of aldehydes is 1. The zero-order valence-corrected chi connectivity index (χ0v) is 26.4. The van der Waals surface area contributed by atoms with Crippen molar-refractivity contribution in [3.8, 4) is 0 Å². The molecule has 0 aromatic carbocycles. The zero-order chi connectivity index (χ0) is 33.7. The SMILES string of the molecule is CC1(N(CC(=O)O)CC(=O)O)CN(CC=O)CCN([C@H](CCCCNOCCCOCNCCCC[C@H](N)C(N)=O)C(=O)O)C1. The maximum absolute atomic E-state index is 12.3. The summed E-state index contributed by atoms with van der Waals surface area (Å²) in [5.74, 6) is -3.90. The molecule has 1 unspecified atom stereocenters. The van der Waals surface area contributed by atoms with E-state index in [1.54, 1.807) is 16.7 Å². The molecule has 3 atom stereocenters. The molecule has 0 aliphatic carbocycles. The third kappa shape index (κ3) is 17.5. The maximum atomic E-state index is 12.3. The zero-order valence-electron chi connectivity index (χ0n) is 26.4. The lowest BCUT2D eigenvalue weighted by Crippen LogP contribution is -2.61. The summed E-state index contributed by atoms with van der Waals surface area (Å²) in [4.78, 5) is 67.8. The van der Waals surface area contributed by atoms with E-state index < -0.39 is 54.5 Å². The molecule has 0 spiro atoms. The van der Waals surface area contributed by atoms with E-state index in [1.807, 2.05) is 0 Å². The van der Waals surface area contributed by atoms with Gasteiger partial charge in [0.1, 0.15) is 12.3 Å². The molecule has 1 aliphatic heterocycles. The molecule has 17 nitrogen and oxygen atoms in total. The number of nitrogens with one attached hydrogen (secondary N) is 2. The first kappa shape index (κ1) is 40.3. The fraction of sp³-hybridized carbons (Fsp3) is 0.821. The van der Waals surface area contributed by atoms with E-state index in [-0.39, 0.29) is 19.6 Å². The van der Waals surface area contributed by atoms with Crippen molar-refractivity contribution in [2.45, 2.75) is 69.5 Å². The lowest BCUT2D eigenvalue weighted by atomic mass is 9.96. The molecular formula is C28H53N7O10. The number of hydroxylamine groups is 1. The van der Waals surface area contributed by atoms with Crippen LogP contribution in [0.4, 0.5) is 0 Å². The number of carboxylic acids is 3. The maximum Gasteiger partial charge on any atom is 0.320 e. The van der Waals surface area contributed by atoms with E-state index in [2.05, 4.69) is 10.8 Å². The summed E-state index contributed by atoms with van der Waals surface area (Å²) in [5, 5.41) is 32.0. The molecule has 1 heterocycles. The number of hydrogen-bond donors (Lipinski definition) is 7. The Kier molecular flexibility index (Phi) is 20.3. The van der Waals surface area contributed by atoms with Crippen LogP contribution in [0.3, 0.4) is 0 Å². The Labute approximate surface area is 264 Å². The standard InChI is InChI=1S/C28H53N7O10/c1-28(35(17-24(37)38)18-25(39)40)19-33(13-14-36)11-12-34(20-28)23(27(42)43)8-3-5-10-32-45-16-6-15-44-21-31-9-4-2-7-22(29)26(30)41/h14,22-23,31-32H,2-13,15-21,29H2,1H3,(H2,30,41)(H,37,38)(H,39,40)(H,42,43)/t22-,23+,28?/m0/s1. The summed E-state index contributed by atoms with van der Waals surface area (Å²) in [5.41, 5.74) is 12.5. The van der Waals surface area contributed by atoms with Crippen LogP contribution in [-0.4, -0.2) is 157 Å². The normalized spacial score (nSPS) is 19.2. The lowest BCUT2D eigenvalue weighted by Gasteiger charge is -2.43. The van der Waals surface area contributed by atoms with Crippen LogP contribution in [0.15, 0.2) is 0 Å². The molecule has 1 aliphatic rings. The molecule has 0 saturated carbocycles. The molecule has 0 aromatic rings. The Morgan fingerprint density at radius 3 is 2.24 bits per heavy atom. The van der Waals surface area contributed by atoms with E-state index in [9.17, 15) is 39.3 Å². The average Bonchev–Trinajstić information content (AvgIpc) is 3.12. The van der Waals surface area contributed by atoms with Crippen molar-refractivity contribution >= 4 is 30.1 Å². The van der Waals surface area contributed by atoms with E-state index in [0.29, 0.717) is 71.7 Å². The first-order valence-corrected chi connectivity index (χ1v) is 15.4. The fourth-order valence-electron chi connectivity index (χ4n) is 5.24. The van der Waals surface area contributed by atoms with Gasteiger partial charge in [0.15, 0.2) is 0 Å². The molecule has 260 valence electrons. The van der Waals surface area contributed by atoms with Gasteiger partial charge in [0.2, 0.25) is 5.91 Å². The Bertz CT molecular complexity index is 899. The van der Waals surface area contributed by atoms with Crippen LogP contribution in [-0.2, 0) is 33.5 Å². The molecule has 1 saturated heterocycles. The minimum absolute atomic E-state index is 0.0700. The molecule has 9 N–H and O–H groups in total. The van der Waals surface area contributed by atoms with Gasteiger partial charge in [0.25, 0.3) is 0 Å². The van der Waals surface area contributed by atoms with Gasteiger partial charge < -0.3 is 41.2 Å². The van der Waals surface area contributed by atoms with Crippen LogP contribution in [0.1, 0.15) is 51.9 Å². The first-order valence-electron chi connectivity index (χ1n) is 15.4. The minimum atomic E-state index is -1.20. The van der Waals surface area contributed by atoms with Crippen molar-refractivity contribution in [3.05, 3.63) is 0 Å². The van der Waals surface area contributed by atoms with E-state index in [1.165, 1.54) is 4.90 Å². The molecule has 17 heteroatoms. The van der Waals surface area contributed by atoms with Crippen LogP contribution < -0.4 is 22.3 Å². The Hall–Kier alpha value is -2.77. The van der Waals surface area contributed by atoms with E-state index in [0.717, 1.165) is 25.7 Å². The van der Waals surface area contributed by atoms with Crippen molar-refractivity contribution in [2.75, 3.05) is 78.8 Å². The highest BCUT2D eigenvalue weighted by atomic mass is 16.6. The predicted molar refractivity (Wildman–Crippen MR) is 163 cm³/mol. The number of carbonyl (C=O) groups excluding carboxylic acids is 2. The average molecular weight is 648 g/mol. The number of nitrogens with two attached hydrogens (primary N) is 2. The van der Waals surface area contributed by atoms with Crippen LogP contribution in [0.25, 0.3) is 0 Å².